The molecule has 1 unspecified atom stereocenters. The van der Waals surface area contributed by atoms with Gasteiger partial charge in [-0.15, -0.1) is 0 Å². The molecule has 0 heterocycles. The number of hydrogen-bond donors (Lipinski definition) is 3. The maximum Gasteiger partial charge on any atom is 0.149 e. The quantitative estimate of drug-likeness (QED) is 0.485. The number of benzene rings is 2. The lowest BCUT2D eigenvalue weighted by molar-refractivity contribution is 0.279. The summed E-state index contributed by atoms with van der Waals surface area (Å²) in [7, 11) is 0.800. The molecule has 0 saturated heterocycles. The summed E-state index contributed by atoms with van der Waals surface area (Å²) in [6.07, 6.45) is 3.86. The van der Waals surface area contributed by atoms with Crippen LogP contribution in [-0.2, 0) is 6.42 Å². The molecule has 0 bridgehead atoms. The number of aryl methyl sites for hydroxylation is 2. The standard InChI is InChI=1S/C23H32O3.H3O2P/c1-5-20(7-6-13-24)21-8-10-22(11-9-21)26-14-12-19-15-17(2)23(25-4)18(3)16-19;1-3-2/h8-11,15-16,20,24H,5-7,12-14H2,1-4H3;1-3H. The molecule has 6 heteroatoms. The molecular weight excluding hydrogens is 387 g/mol. The Balaban J connectivity index is 0.00000132. The van der Waals surface area contributed by atoms with E-state index in [2.05, 4.69) is 57.2 Å². The monoisotopic (exact) mass is 422 g/mol. The first-order valence-corrected chi connectivity index (χ1v) is 10.9. The fourth-order valence-corrected chi connectivity index (χ4v) is 3.57. The van der Waals surface area contributed by atoms with Gasteiger partial charge in [0.1, 0.15) is 20.5 Å². The number of ether oxygens (including phenoxy) is 2. The average Bonchev–Trinajstić information content (AvgIpc) is 2.70. The third kappa shape index (κ3) is 8.71. The van der Waals surface area contributed by atoms with E-state index in [0.29, 0.717) is 12.5 Å². The molecule has 162 valence electrons. The second kappa shape index (κ2) is 14.4. The summed E-state index contributed by atoms with van der Waals surface area (Å²) in [5.41, 5.74) is 4.93. The van der Waals surface area contributed by atoms with E-state index in [9.17, 15) is 0 Å². The van der Waals surface area contributed by atoms with Crippen LogP contribution in [0.15, 0.2) is 36.4 Å². The maximum atomic E-state index is 9.03. The van der Waals surface area contributed by atoms with Crippen LogP contribution in [0.3, 0.4) is 0 Å². The normalized spacial score (nSPS) is 11.4. The van der Waals surface area contributed by atoms with E-state index < -0.39 is 9.03 Å². The molecule has 2 aromatic rings. The predicted molar refractivity (Wildman–Crippen MR) is 120 cm³/mol. The van der Waals surface area contributed by atoms with Crippen LogP contribution in [0.2, 0.25) is 0 Å². The van der Waals surface area contributed by atoms with Crippen molar-refractivity contribution in [2.24, 2.45) is 0 Å². The van der Waals surface area contributed by atoms with Crippen molar-refractivity contribution in [2.45, 2.75) is 52.4 Å². The average molecular weight is 423 g/mol. The smallest absolute Gasteiger partial charge is 0.149 e. The Kier molecular flexibility index (Phi) is 12.6. The molecule has 0 fully saturated rings. The topological polar surface area (TPSA) is 79.2 Å². The van der Waals surface area contributed by atoms with Gasteiger partial charge < -0.3 is 24.4 Å². The van der Waals surface area contributed by atoms with E-state index in [1.807, 2.05) is 0 Å². The lowest BCUT2D eigenvalue weighted by Gasteiger charge is -2.15. The molecule has 1 atom stereocenters. The molecule has 5 nitrogen and oxygen atoms in total. The van der Waals surface area contributed by atoms with Crippen molar-refractivity contribution in [3.63, 3.8) is 0 Å². The second-order valence-corrected chi connectivity index (χ2v) is 7.20. The Hall–Kier alpha value is -1.65. The van der Waals surface area contributed by atoms with Crippen molar-refractivity contribution in [2.75, 3.05) is 20.3 Å². The van der Waals surface area contributed by atoms with Crippen LogP contribution < -0.4 is 9.47 Å². The van der Waals surface area contributed by atoms with Crippen LogP contribution in [0.4, 0.5) is 0 Å². The summed E-state index contributed by atoms with van der Waals surface area (Å²) >= 11 is 0. The van der Waals surface area contributed by atoms with Crippen molar-refractivity contribution in [3.05, 3.63) is 58.7 Å². The molecule has 0 aromatic heterocycles. The van der Waals surface area contributed by atoms with Gasteiger partial charge in [-0.1, -0.05) is 31.2 Å². The van der Waals surface area contributed by atoms with Gasteiger partial charge in [0.2, 0.25) is 0 Å². The van der Waals surface area contributed by atoms with E-state index in [-0.39, 0.29) is 6.61 Å². The van der Waals surface area contributed by atoms with Crippen LogP contribution in [0.1, 0.15) is 54.4 Å². The number of hydrogen-bond acceptors (Lipinski definition) is 5. The van der Waals surface area contributed by atoms with Crippen LogP contribution in [-0.4, -0.2) is 35.2 Å². The van der Waals surface area contributed by atoms with Gasteiger partial charge >= 0.3 is 0 Å². The van der Waals surface area contributed by atoms with Crippen molar-refractivity contribution < 1.29 is 24.4 Å². The highest BCUT2D eigenvalue weighted by Crippen LogP contribution is 2.27. The summed E-state index contributed by atoms with van der Waals surface area (Å²) in [6, 6.07) is 12.8. The molecule has 0 radical (unpaired) electrons. The number of aliphatic hydroxyl groups excluding tert-OH is 1. The van der Waals surface area contributed by atoms with Gasteiger partial charge in [-0.05, 0) is 73.4 Å². The molecule has 2 rings (SSSR count). The molecule has 0 saturated carbocycles. The first kappa shape index (κ1) is 25.4. The van der Waals surface area contributed by atoms with Crippen molar-refractivity contribution in [1.82, 2.24) is 0 Å². The van der Waals surface area contributed by atoms with Crippen LogP contribution in [0, 0.1) is 13.8 Å². The summed E-state index contributed by atoms with van der Waals surface area (Å²) in [5.74, 6) is 2.39. The van der Waals surface area contributed by atoms with Gasteiger partial charge in [0.25, 0.3) is 0 Å². The van der Waals surface area contributed by atoms with Crippen LogP contribution >= 0.6 is 9.03 Å². The SMILES string of the molecule is CCC(CCCO)c1ccc(OCCc2cc(C)c(OC)c(C)c2)cc1.OPO. The Morgan fingerprint density at radius 3 is 2.10 bits per heavy atom. The van der Waals surface area contributed by atoms with Gasteiger partial charge in [0, 0.05) is 13.0 Å². The second-order valence-electron chi connectivity index (χ2n) is 7.00. The van der Waals surface area contributed by atoms with E-state index in [1.165, 1.54) is 22.3 Å². The summed E-state index contributed by atoms with van der Waals surface area (Å²) < 4.78 is 11.3. The van der Waals surface area contributed by atoms with Gasteiger partial charge in [-0.3, -0.25) is 0 Å². The van der Waals surface area contributed by atoms with Gasteiger partial charge in [0.05, 0.1) is 13.7 Å². The Labute approximate surface area is 176 Å². The zero-order valence-electron chi connectivity index (χ0n) is 17.9. The fourth-order valence-electron chi connectivity index (χ4n) is 3.57. The minimum Gasteiger partial charge on any atom is -0.496 e. The largest absolute Gasteiger partial charge is 0.496 e. The Morgan fingerprint density at radius 2 is 1.62 bits per heavy atom. The minimum absolute atomic E-state index is 0.266. The van der Waals surface area contributed by atoms with E-state index in [1.54, 1.807) is 7.11 Å². The Bertz CT molecular complexity index is 680. The number of methoxy groups -OCH3 is 1. The minimum atomic E-state index is -0.917. The Morgan fingerprint density at radius 1 is 1.03 bits per heavy atom. The van der Waals surface area contributed by atoms with Crippen molar-refractivity contribution in [3.8, 4) is 11.5 Å². The van der Waals surface area contributed by atoms with Crippen molar-refractivity contribution in [1.29, 1.82) is 0 Å². The highest BCUT2D eigenvalue weighted by atomic mass is 31.1. The molecule has 0 spiro atoms. The van der Waals surface area contributed by atoms with E-state index >= 15 is 0 Å². The third-order valence-corrected chi connectivity index (χ3v) is 4.94. The predicted octanol–water partition coefficient (Wildman–Crippen LogP) is 4.68. The molecule has 2 aromatic carbocycles. The third-order valence-electron chi connectivity index (χ3n) is 4.94. The molecule has 0 aliphatic heterocycles. The molecule has 3 N–H and O–H groups in total. The van der Waals surface area contributed by atoms with Crippen LogP contribution in [0.5, 0.6) is 11.5 Å². The van der Waals surface area contributed by atoms with Gasteiger partial charge in [0.15, 0.2) is 0 Å². The molecule has 0 aliphatic carbocycles. The molecular formula is C23H35O5P. The van der Waals surface area contributed by atoms with Gasteiger partial charge in [-0.2, -0.15) is 0 Å². The lowest BCUT2D eigenvalue weighted by Crippen LogP contribution is -2.03. The summed E-state index contributed by atoms with van der Waals surface area (Å²) in [4.78, 5) is 14.3. The molecule has 0 aliphatic rings. The van der Waals surface area contributed by atoms with Gasteiger partial charge in [-0.25, -0.2) is 0 Å². The first-order chi connectivity index (χ1) is 14.0. The maximum absolute atomic E-state index is 9.03. The zero-order chi connectivity index (χ0) is 21.6. The zero-order valence-corrected chi connectivity index (χ0v) is 18.9. The molecule has 29 heavy (non-hydrogen) atoms. The highest BCUT2D eigenvalue weighted by molar-refractivity contribution is 7.23. The number of rotatable bonds is 10. The fraction of sp³-hybridized carbons (Fsp3) is 0.478. The van der Waals surface area contributed by atoms with E-state index in [0.717, 1.165) is 37.2 Å². The summed E-state index contributed by atoms with van der Waals surface area (Å²) in [5, 5.41) is 9.03. The summed E-state index contributed by atoms with van der Waals surface area (Å²) in [6.45, 7) is 7.28. The van der Waals surface area contributed by atoms with Crippen LogP contribution in [0.25, 0.3) is 0 Å². The lowest BCUT2D eigenvalue weighted by atomic mass is 9.92. The van der Waals surface area contributed by atoms with Crippen molar-refractivity contribution >= 4 is 9.03 Å². The first-order valence-electron chi connectivity index (χ1n) is 10.0. The molecule has 0 amide bonds. The number of aliphatic hydroxyl groups is 1. The van der Waals surface area contributed by atoms with E-state index in [4.69, 9.17) is 24.4 Å². The highest BCUT2D eigenvalue weighted by Gasteiger charge is 2.09.